The average Bonchev–Trinajstić information content (AvgIpc) is 2.26. The summed E-state index contributed by atoms with van der Waals surface area (Å²) in [4.78, 5) is 20.2. The Morgan fingerprint density at radius 2 is 2.07 bits per heavy atom. The van der Waals surface area contributed by atoms with Crippen LogP contribution in [0, 0.1) is 0 Å². The molecule has 15 heavy (non-hydrogen) atoms. The lowest BCUT2D eigenvalue weighted by molar-refractivity contribution is -0.211. The zero-order chi connectivity index (χ0) is 10.7. The second-order valence-electron chi connectivity index (χ2n) is 3.76. The molecule has 0 heterocycles. The van der Waals surface area contributed by atoms with Crippen LogP contribution in [0.4, 0.5) is 0 Å². The summed E-state index contributed by atoms with van der Waals surface area (Å²) >= 11 is 0. The fraction of sp³-hybridized carbons (Fsp3) is 0.417. The molecule has 0 atom stereocenters. The first kappa shape index (κ1) is 10.0. The predicted molar refractivity (Wildman–Crippen MR) is 55.5 cm³/mol. The number of benzene rings is 1. The molecule has 1 aliphatic rings. The van der Waals surface area contributed by atoms with E-state index in [0.717, 1.165) is 12.8 Å². The molecule has 0 fully saturated rings. The topological polar surface area (TPSA) is 35.5 Å². The lowest BCUT2D eigenvalue weighted by Crippen LogP contribution is -2.08. The summed E-state index contributed by atoms with van der Waals surface area (Å²) in [5, 5.41) is 0. The van der Waals surface area contributed by atoms with E-state index in [4.69, 9.17) is 4.89 Å². The van der Waals surface area contributed by atoms with Crippen LogP contribution >= 0.6 is 0 Å². The molecule has 3 nitrogen and oxygen atoms in total. The van der Waals surface area contributed by atoms with Crippen LogP contribution < -0.4 is 4.89 Å². The summed E-state index contributed by atoms with van der Waals surface area (Å²) < 4.78 is 0. The molecule has 80 valence electrons. The molecule has 0 unspecified atom stereocenters. The Balaban J connectivity index is 2.19. The van der Waals surface area contributed by atoms with Crippen LogP contribution in [0.1, 0.15) is 30.9 Å². The molecule has 1 aromatic carbocycles. The van der Waals surface area contributed by atoms with E-state index in [2.05, 4.69) is 11.0 Å². The third kappa shape index (κ3) is 2.29. The maximum Gasteiger partial charge on any atom is 0.352 e. The van der Waals surface area contributed by atoms with E-state index in [1.807, 2.05) is 12.1 Å². The fourth-order valence-electron chi connectivity index (χ4n) is 1.93. The number of carbonyl (C=O) groups is 1. The molecule has 0 bridgehead atoms. The first-order valence-electron chi connectivity index (χ1n) is 5.23. The van der Waals surface area contributed by atoms with Gasteiger partial charge in [0.2, 0.25) is 0 Å². The zero-order valence-electron chi connectivity index (χ0n) is 8.79. The number of aryl methyl sites for hydroxylation is 1. The average molecular weight is 206 g/mol. The molecule has 3 heteroatoms. The van der Waals surface area contributed by atoms with E-state index in [0.29, 0.717) is 5.75 Å². The van der Waals surface area contributed by atoms with Crippen LogP contribution in [0.25, 0.3) is 0 Å². The molecular weight excluding hydrogens is 192 g/mol. The normalized spacial score (nSPS) is 14.2. The van der Waals surface area contributed by atoms with Gasteiger partial charge < -0.3 is 0 Å². The highest BCUT2D eigenvalue weighted by atomic mass is 17.2. The molecule has 1 aromatic rings. The molecule has 0 amide bonds. The van der Waals surface area contributed by atoms with E-state index in [1.165, 1.54) is 30.9 Å². The number of hydrogen-bond donors (Lipinski definition) is 0. The van der Waals surface area contributed by atoms with E-state index in [1.54, 1.807) is 0 Å². The Bertz CT molecular complexity index is 371. The van der Waals surface area contributed by atoms with Crippen LogP contribution in [-0.4, -0.2) is 5.97 Å². The first-order chi connectivity index (χ1) is 7.27. The Hall–Kier alpha value is -1.51. The van der Waals surface area contributed by atoms with Crippen molar-refractivity contribution in [3.63, 3.8) is 0 Å². The van der Waals surface area contributed by atoms with Gasteiger partial charge in [-0.2, -0.15) is 0 Å². The molecule has 2 rings (SSSR count). The Morgan fingerprint density at radius 1 is 1.27 bits per heavy atom. The quantitative estimate of drug-likeness (QED) is 0.550. The van der Waals surface area contributed by atoms with E-state index >= 15 is 0 Å². The van der Waals surface area contributed by atoms with Crippen molar-refractivity contribution >= 4 is 5.97 Å². The predicted octanol–water partition coefficient (Wildman–Crippen LogP) is 2.42. The van der Waals surface area contributed by atoms with Gasteiger partial charge in [0, 0.05) is 12.5 Å². The summed E-state index contributed by atoms with van der Waals surface area (Å²) in [6.45, 7) is 1.33. The van der Waals surface area contributed by atoms with Gasteiger partial charge >= 0.3 is 5.97 Å². The highest BCUT2D eigenvalue weighted by Gasteiger charge is 2.14. The van der Waals surface area contributed by atoms with Crippen molar-refractivity contribution in [2.45, 2.75) is 32.6 Å². The Kier molecular flexibility index (Phi) is 2.90. The van der Waals surface area contributed by atoms with Gasteiger partial charge in [0.1, 0.15) is 0 Å². The van der Waals surface area contributed by atoms with Crippen molar-refractivity contribution in [1.82, 2.24) is 0 Å². The van der Waals surface area contributed by atoms with Crippen LogP contribution in [0.2, 0.25) is 0 Å². The maximum absolute atomic E-state index is 10.6. The highest BCUT2D eigenvalue weighted by molar-refractivity contribution is 5.65. The van der Waals surface area contributed by atoms with Gasteiger partial charge in [-0.3, -0.25) is 9.78 Å². The molecular formula is C12H14O3. The maximum atomic E-state index is 10.6. The van der Waals surface area contributed by atoms with Crippen LogP contribution in [-0.2, 0) is 22.5 Å². The SMILES string of the molecule is CC(=O)OOc1cccc2c1CCCC2. The molecule has 0 N–H and O–H groups in total. The van der Waals surface area contributed by atoms with Gasteiger partial charge in [-0.25, -0.2) is 4.79 Å². The van der Waals surface area contributed by atoms with Gasteiger partial charge in [-0.15, -0.1) is 0 Å². The third-order valence-electron chi connectivity index (χ3n) is 2.60. The van der Waals surface area contributed by atoms with Gasteiger partial charge in [0.05, 0.1) is 0 Å². The van der Waals surface area contributed by atoms with Crippen molar-refractivity contribution < 1.29 is 14.6 Å². The Morgan fingerprint density at radius 3 is 2.87 bits per heavy atom. The van der Waals surface area contributed by atoms with Gasteiger partial charge in [-0.05, 0) is 37.3 Å². The van der Waals surface area contributed by atoms with Crippen LogP contribution in [0.15, 0.2) is 18.2 Å². The summed E-state index contributed by atoms with van der Waals surface area (Å²) in [6.07, 6.45) is 4.50. The Labute approximate surface area is 88.9 Å². The number of rotatable bonds is 2. The first-order valence-corrected chi connectivity index (χ1v) is 5.23. The van der Waals surface area contributed by atoms with Crippen molar-refractivity contribution in [3.8, 4) is 5.75 Å². The molecule has 0 saturated heterocycles. The number of carbonyl (C=O) groups excluding carboxylic acids is 1. The fourth-order valence-corrected chi connectivity index (χ4v) is 1.93. The van der Waals surface area contributed by atoms with Crippen molar-refractivity contribution in [3.05, 3.63) is 29.3 Å². The van der Waals surface area contributed by atoms with E-state index < -0.39 is 5.97 Å². The summed E-state index contributed by atoms with van der Waals surface area (Å²) in [5.41, 5.74) is 2.50. The van der Waals surface area contributed by atoms with Crippen LogP contribution in [0.5, 0.6) is 5.75 Å². The molecule has 0 aromatic heterocycles. The monoisotopic (exact) mass is 206 g/mol. The summed E-state index contributed by atoms with van der Waals surface area (Å²) in [5.74, 6) is 0.255. The van der Waals surface area contributed by atoms with E-state index in [-0.39, 0.29) is 0 Å². The minimum Gasteiger partial charge on any atom is -0.287 e. The van der Waals surface area contributed by atoms with E-state index in [9.17, 15) is 4.79 Å². The molecule has 0 aliphatic heterocycles. The summed E-state index contributed by atoms with van der Waals surface area (Å²) in [7, 11) is 0. The minimum absolute atomic E-state index is 0.427. The standard InChI is InChI=1S/C12H14O3/c1-9(13)14-15-12-8-4-6-10-5-2-3-7-11(10)12/h4,6,8H,2-3,5,7H2,1H3. The second kappa shape index (κ2) is 4.34. The van der Waals surface area contributed by atoms with Crippen molar-refractivity contribution in [2.75, 3.05) is 0 Å². The second-order valence-corrected chi connectivity index (χ2v) is 3.76. The molecule has 0 radical (unpaired) electrons. The minimum atomic E-state index is -0.427. The van der Waals surface area contributed by atoms with Gasteiger partial charge in [0.15, 0.2) is 5.75 Å². The van der Waals surface area contributed by atoms with Crippen molar-refractivity contribution in [1.29, 1.82) is 0 Å². The zero-order valence-corrected chi connectivity index (χ0v) is 8.79. The molecule has 1 aliphatic carbocycles. The molecule has 0 spiro atoms. The summed E-state index contributed by atoms with van der Waals surface area (Å²) in [6, 6.07) is 5.88. The van der Waals surface area contributed by atoms with Crippen molar-refractivity contribution in [2.24, 2.45) is 0 Å². The molecule has 0 saturated carbocycles. The highest BCUT2D eigenvalue weighted by Crippen LogP contribution is 2.29. The smallest absolute Gasteiger partial charge is 0.287 e. The largest absolute Gasteiger partial charge is 0.352 e. The third-order valence-corrected chi connectivity index (χ3v) is 2.60. The van der Waals surface area contributed by atoms with Gasteiger partial charge in [0.25, 0.3) is 0 Å². The van der Waals surface area contributed by atoms with Gasteiger partial charge in [-0.1, -0.05) is 12.1 Å². The lowest BCUT2D eigenvalue weighted by Gasteiger charge is -2.17. The number of fused-ring (bicyclic) bond motifs is 1. The van der Waals surface area contributed by atoms with Crippen LogP contribution in [0.3, 0.4) is 0 Å². The lowest BCUT2D eigenvalue weighted by atomic mass is 9.91. The number of hydrogen-bond acceptors (Lipinski definition) is 3.